The number of ketones is 1. The lowest BCUT2D eigenvalue weighted by molar-refractivity contribution is -0.140. The summed E-state index contributed by atoms with van der Waals surface area (Å²) in [6.45, 7) is 5.68. The van der Waals surface area contributed by atoms with E-state index in [-0.39, 0.29) is 28.8 Å². The van der Waals surface area contributed by atoms with Crippen molar-refractivity contribution in [3.8, 4) is 0 Å². The number of carbonyl (C=O) groups excluding carboxylic acids is 3. The summed E-state index contributed by atoms with van der Waals surface area (Å²) in [6, 6.07) is 0. The Morgan fingerprint density at radius 2 is 1.75 bits per heavy atom. The number of ether oxygens (including phenoxy) is 3. The Labute approximate surface area is 121 Å². The predicted molar refractivity (Wildman–Crippen MR) is 72.6 cm³/mol. The maximum absolute atomic E-state index is 12.1. The van der Waals surface area contributed by atoms with Gasteiger partial charge in [-0.25, -0.2) is 9.59 Å². The predicted octanol–water partition coefficient (Wildman–Crippen LogP) is 1.56. The van der Waals surface area contributed by atoms with Gasteiger partial charge in [-0.1, -0.05) is 0 Å². The first-order valence-corrected chi connectivity index (χ1v) is 7.01. The van der Waals surface area contributed by atoms with Gasteiger partial charge in [0.1, 0.15) is 0 Å². The summed E-state index contributed by atoms with van der Waals surface area (Å²) in [5.74, 6) is -1.96. The number of Topliss-reactive ketones (excluding diaryl/α,β-unsaturated/α-hetero) is 1. The fourth-order valence-corrected chi connectivity index (χ4v) is 2.42. The van der Waals surface area contributed by atoms with Crippen molar-refractivity contribution in [1.29, 1.82) is 0 Å². The van der Waals surface area contributed by atoms with Crippen molar-refractivity contribution in [3.05, 3.63) is 21.6 Å². The third kappa shape index (κ3) is 3.86. The van der Waals surface area contributed by atoms with Crippen LogP contribution in [0.3, 0.4) is 0 Å². The van der Waals surface area contributed by atoms with Gasteiger partial charge >= 0.3 is 11.9 Å². The molecule has 1 rings (SSSR count). The van der Waals surface area contributed by atoms with E-state index in [1.165, 1.54) is 0 Å². The van der Waals surface area contributed by atoms with E-state index in [0.29, 0.717) is 6.61 Å². The first kappa shape index (κ1) is 16.3. The van der Waals surface area contributed by atoms with Crippen LogP contribution in [-0.4, -0.2) is 37.5 Å². The summed E-state index contributed by atoms with van der Waals surface area (Å²) in [6.07, 6.45) is 1.06. The minimum absolute atomic E-state index is 0.0925. The molecular weight excluding hydrogens is 284 g/mol. The molecule has 0 amide bonds. The van der Waals surface area contributed by atoms with E-state index in [4.69, 9.17) is 14.2 Å². The van der Waals surface area contributed by atoms with Crippen LogP contribution in [0.1, 0.15) is 20.8 Å². The van der Waals surface area contributed by atoms with Gasteiger partial charge in [-0.15, -0.1) is 0 Å². The second-order valence-corrected chi connectivity index (χ2v) is 4.52. The van der Waals surface area contributed by atoms with Crippen molar-refractivity contribution >= 4 is 29.5 Å². The molecule has 0 aromatic carbocycles. The Hall–Kier alpha value is -1.76. The standard InChI is InChI=1S/C13H16O6S/c1-4-17-9(14)7-8-11(15)10(12(16)18-5-2)13(20-8)19-6-3/h7H,4-6H2,1-3H3/b8-7-. The molecular formula is C13H16O6S. The highest BCUT2D eigenvalue weighted by Gasteiger charge is 2.36. The van der Waals surface area contributed by atoms with Crippen molar-refractivity contribution in [2.75, 3.05) is 19.8 Å². The van der Waals surface area contributed by atoms with Crippen molar-refractivity contribution in [2.24, 2.45) is 0 Å². The smallest absolute Gasteiger partial charge is 0.346 e. The zero-order chi connectivity index (χ0) is 15.1. The highest BCUT2D eigenvalue weighted by molar-refractivity contribution is 8.08. The molecule has 7 heteroatoms. The molecule has 1 aliphatic heterocycles. The molecule has 0 spiro atoms. The number of hydrogen-bond donors (Lipinski definition) is 0. The van der Waals surface area contributed by atoms with E-state index >= 15 is 0 Å². The Morgan fingerprint density at radius 1 is 1.10 bits per heavy atom. The van der Waals surface area contributed by atoms with Gasteiger partial charge in [0, 0.05) is 6.08 Å². The monoisotopic (exact) mass is 300 g/mol. The summed E-state index contributed by atoms with van der Waals surface area (Å²) in [4.78, 5) is 35.3. The molecule has 110 valence electrons. The van der Waals surface area contributed by atoms with E-state index < -0.39 is 17.7 Å². The molecule has 0 aliphatic carbocycles. The van der Waals surface area contributed by atoms with Gasteiger partial charge in [-0.05, 0) is 32.5 Å². The molecule has 0 aromatic heterocycles. The molecule has 0 bridgehead atoms. The van der Waals surface area contributed by atoms with E-state index in [9.17, 15) is 14.4 Å². The van der Waals surface area contributed by atoms with Gasteiger partial charge in [0.25, 0.3) is 0 Å². The molecule has 1 aliphatic rings. The van der Waals surface area contributed by atoms with Crippen molar-refractivity contribution in [3.63, 3.8) is 0 Å². The van der Waals surface area contributed by atoms with Crippen LogP contribution in [0.2, 0.25) is 0 Å². The zero-order valence-electron chi connectivity index (χ0n) is 11.6. The third-order valence-electron chi connectivity index (χ3n) is 2.15. The number of carbonyl (C=O) groups is 3. The molecule has 0 N–H and O–H groups in total. The molecule has 1 heterocycles. The van der Waals surface area contributed by atoms with Crippen LogP contribution in [0.25, 0.3) is 0 Å². The molecule has 0 fully saturated rings. The van der Waals surface area contributed by atoms with Crippen LogP contribution in [0.4, 0.5) is 0 Å². The van der Waals surface area contributed by atoms with Crippen LogP contribution in [0.5, 0.6) is 0 Å². The van der Waals surface area contributed by atoms with E-state index in [1.54, 1.807) is 20.8 Å². The normalized spacial score (nSPS) is 16.6. The second kappa shape index (κ2) is 7.74. The van der Waals surface area contributed by atoms with Gasteiger partial charge < -0.3 is 14.2 Å². The largest absolute Gasteiger partial charge is 0.486 e. The first-order valence-electron chi connectivity index (χ1n) is 6.20. The Balaban J connectivity index is 2.99. The van der Waals surface area contributed by atoms with Gasteiger partial charge in [0.05, 0.1) is 24.7 Å². The summed E-state index contributed by atoms with van der Waals surface area (Å²) in [7, 11) is 0. The minimum atomic E-state index is -0.749. The lowest BCUT2D eigenvalue weighted by Gasteiger charge is -2.04. The molecule has 0 atom stereocenters. The van der Waals surface area contributed by atoms with Crippen molar-refractivity contribution in [2.45, 2.75) is 20.8 Å². The highest BCUT2D eigenvalue weighted by atomic mass is 32.2. The van der Waals surface area contributed by atoms with Gasteiger partial charge in [0.15, 0.2) is 10.7 Å². The van der Waals surface area contributed by atoms with Gasteiger partial charge in [0.2, 0.25) is 5.78 Å². The quantitative estimate of drug-likeness (QED) is 0.418. The molecule has 6 nitrogen and oxygen atoms in total. The molecule has 0 saturated carbocycles. The molecule has 20 heavy (non-hydrogen) atoms. The van der Waals surface area contributed by atoms with E-state index in [1.807, 2.05) is 0 Å². The fourth-order valence-electron chi connectivity index (χ4n) is 1.41. The summed E-state index contributed by atoms with van der Waals surface area (Å²) >= 11 is 0.927. The van der Waals surface area contributed by atoms with Crippen LogP contribution in [0, 0.1) is 0 Å². The number of rotatable bonds is 6. The second-order valence-electron chi connectivity index (χ2n) is 3.51. The zero-order valence-corrected chi connectivity index (χ0v) is 12.4. The van der Waals surface area contributed by atoms with Crippen LogP contribution < -0.4 is 0 Å². The maximum atomic E-state index is 12.1. The lowest BCUT2D eigenvalue weighted by Crippen LogP contribution is -2.15. The summed E-state index contributed by atoms with van der Waals surface area (Å²) < 4.78 is 14.8. The van der Waals surface area contributed by atoms with Crippen molar-refractivity contribution in [1.82, 2.24) is 0 Å². The molecule has 0 unspecified atom stereocenters. The Morgan fingerprint density at radius 3 is 2.30 bits per heavy atom. The third-order valence-corrected chi connectivity index (χ3v) is 3.18. The Bertz CT molecular complexity index is 477. The first-order chi connectivity index (χ1) is 9.54. The average molecular weight is 300 g/mol. The maximum Gasteiger partial charge on any atom is 0.346 e. The van der Waals surface area contributed by atoms with E-state index in [2.05, 4.69) is 0 Å². The van der Waals surface area contributed by atoms with Crippen LogP contribution >= 0.6 is 11.8 Å². The molecule has 0 radical (unpaired) electrons. The van der Waals surface area contributed by atoms with Gasteiger partial charge in [-0.3, -0.25) is 4.79 Å². The number of allylic oxidation sites excluding steroid dienone is 1. The highest BCUT2D eigenvalue weighted by Crippen LogP contribution is 2.39. The molecule has 0 saturated heterocycles. The Kier molecular flexibility index (Phi) is 6.30. The van der Waals surface area contributed by atoms with E-state index in [0.717, 1.165) is 17.8 Å². The molecule has 0 aromatic rings. The average Bonchev–Trinajstić information content (AvgIpc) is 2.67. The summed E-state index contributed by atoms with van der Waals surface area (Å²) in [5.41, 5.74) is -0.172. The van der Waals surface area contributed by atoms with Gasteiger partial charge in [-0.2, -0.15) is 0 Å². The minimum Gasteiger partial charge on any atom is -0.486 e. The number of thioether (sulfide) groups is 1. The topological polar surface area (TPSA) is 78.9 Å². The summed E-state index contributed by atoms with van der Waals surface area (Å²) in [5, 5.41) is 0.159. The number of hydrogen-bond acceptors (Lipinski definition) is 7. The van der Waals surface area contributed by atoms with Crippen molar-refractivity contribution < 1.29 is 28.6 Å². The van der Waals surface area contributed by atoms with Crippen LogP contribution in [-0.2, 0) is 28.6 Å². The number of esters is 2. The van der Waals surface area contributed by atoms with Crippen LogP contribution in [0.15, 0.2) is 21.6 Å². The SMILES string of the molecule is CCOC(=O)/C=C1\SC(OCC)=C(C(=O)OCC)C1=O. The lowest BCUT2D eigenvalue weighted by atomic mass is 10.2. The fraction of sp³-hybridized carbons (Fsp3) is 0.462.